The maximum Gasteiger partial charge on any atom is 0.158 e. The number of hydrogen-bond donors (Lipinski definition) is 0. The van der Waals surface area contributed by atoms with Gasteiger partial charge in [0.2, 0.25) is 0 Å². The molecule has 0 unspecified atom stereocenters. The van der Waals surface area contributed by atoms with Crippen LogP contribution >= 0.6 is 0 Å². The van der Waals surface area contributed by atoms with E-state index >= 15 is 0 Å². The Bertz CT molecular complexity index is 443. The Morgan fingerprint density at radius 1 is 1.15 bits per heavy atom. The SMILES string of the molecule is CCc1nc(C)cn2cc(C)nc12. The van der Waals surface area contributed by atoms with Crippen molar-refractivity contribution in [1.29, 1.82) is 0 Å². The summed E-state index contributed by atoms with van der Waals surface area (Å²) in [6.07, 6.45) is 4.97. The number of aryl methyl sites for hydroxylation is 3. The largest absolute Gasteiger partial charge is 0.303 e. The Balaban J connectivity index is 2.80. The summed E-state index contributed by atoms with van der Waals surface area (Å²) in [6.45, 7) is 6.11. The summed E-state index contributed by atoms with van der Waals surface area (Å²) in [6, 6.07) is 0. The summed E-state index contributed by atoms with van der Waals surface area (Å²) < 4.78 is 2.05. The molecule has 0 atom stereocenters. The van der Waals surface area contributed by atoms with Gasteiger partial charge in [0.1, 0.15) is 0 Å². The molecule has 3 heteroatoms. The molecule has 0 fully saturated rings. The van der Waals surface area contributed by atoms with Crippen LogP contribution in [-0.4, -0.2) is 14.4 Å². The van der Waals surface area contributed by atoms with Gasteiger partial charge < -0.3 is 4.40 Å². The molecule has 0 radical (unpaired) electrons. The van der Waals surface area contributed by atoms with Crippen LogP contribution in [0.3, 0.4) is 0 Å². The number of fused-ring (bicyclic) bond motifs is 1. The number of rotatable bonds is 1. The number of nitrogens with zero attached hydrogens (tertiary/aromatic N) is 3. The second kappa shape index (κ2) is 2.83. The minimum absolute atomic E-state index is 0.932. The lowest BCUT2D eigenvalue weighted by Gasteiger charge is -2.00. The Morgan fingerprint density at radius 2 is 1.77 bits per heavy atom. The highest BCUT2D eigenvalue weighted by atomic mass is 15.0. The van der Waals surface area contributed by atoms with Gasteiger partial charge >= 0.3 is 0 Å². The first-order valence-corrected chi connectivity index (χ1v) is 4.52. The predicted octanol–water partition coefficient (Wildman–Crippen LogP) is 1.91. The van der Waals surface area contributed by atoms with E-state index in [-0.39, 0.29) is 0 Å². The number of imidazole rings is 1. The van der Waals surface area contributed by atoms with Crippen molar-refractivity contribution in [2.75, 3.05) is 0 Å². The van der Waals surface area contributed by atoms with Gasteiger partial charge in [-0.3, -0.25) is 4.98 Å². The summed E-state index contributed by atoms with van der Waals surface area (Å²) in [5.74, 6) is 0. The molecule has 2 aromatic rings. The van der Waals surface area contributed by atoms with Crippen LogP contribution in [0.2, 0.25) is 0 Å². The lowest BCUT2D eigenvalue weighted by molar-refractivity contribution is 0.961. The third-order valence-electron chi connectivity index (χ3n) is 2.08. The normalized spacial score (nSPS) is 11.0. The van der Waals surface area contributed by atoms with E-state index in [0.717, 1.165) is 29.1 Å². The first-order valence-electron chi connectivity index (χ1n) is 4.52. The molecule has 0 saturated heterocycles. The fourth-order valence-electron chi connectivity index (χ4n) is 1.56. The van der Waals surface area contributed by atoms with Gasteiger partial charge in [-0.1, -0.05) is 6.92 Å². The molecule has 2 aromatic heterocycles. The van der Waals surface area contributed by atoms with Gasteiger partial charge in [0.15, 0.2) is 5.65 Å². The van der Waals surface area contributed by atoms with E-state index in [2.05, 4.69) is 21.3 Å². The van der Waals surface area contributed by atoms with Crippen molar-refractivity contribution < 1.29 is 0 Å². The van der Waals surface area contributed by atoms with E-state index in [1.54, 1.807) is 0 Å². The molecule has 3 nitrogen and oxygen atoms in total. The van der Waals surface area contributed by atoms with Crippen molar-refractivity contribution in [3.05, 3.63) is 29.5 Å². The molecular formula is C10H13N3. The lowest BCUT2D eigenvalue weighted by Crippen LogP contribution is -1.97. The van der Waals surface area contributed by atoms with Crippen LogP contribution < -0.4 is 0 Å². The van der Waals surface area contributed by atoms with Gasteiger partial charge in [-0.15, -0.1) is 0 Å². The fraction of sp³-hybridized carbons (Fsp3) is 0.400. The van der Waals surface area contributed by atoms with Crippen LogP contribution in [0.1, 0.15) is 24.0 Å². The van der Waals surface area contributed by atoms with Crippen molar-refractivity contribution in [3.8, 4) is 0 Å². The van der Waals surface area contributed by atoms with Gasteiger partial charge in [-0.25, -0.2) is 4.98 Å². The van der Waals surface area contributed by atoms with Crippen LogP contribution in [0.25, 0.3) is 5.65 Å². The molecule has 0 bridgehead atoms. The molecular weight excluding hydrogens is 162 g/mol. The van der Waals surface area contributed by atoms with E-state index in [9.17, 15) is 0 Å². The Morgan fingerprint density at radius 3 is 2.38 bits per heavy atom. The van der Waals surface area contributed by atoms with E-state index < -0.39 is 0 Å². The van der Waals surface area contributed by atoms with Crippen LogP contribution in [0.5, 0.6) is 0 Å². The zero-order chi connectivity index (χ0) is 9.42. The van der Waals surface area contributed by atoms with E-state index in [1.165, 1.54) is 0 Å². The number of hydrogen-bond acceptors (Lipinski definition) is 2. The first-order chi connectivity index (χ1) is 6.20. The van der Waals surface area contributed by atoms with Gasteiger partial charge in [0.05, 0.1) is 17.1 Å². The van der Waals surface area contributed by atoms with Crippen molar-refractivity contribution in [3.63, 3.8) is 0 Å². The van der Waals surface area contributed by atoms with Gasteiger partial charge in [-0.05, 0) is 20.3 Å². The average molecular weight is 175 g/mol. The zero-order valence-electron chi connectivity index (χ0n) is 8.20. The molecule has 0 spiro atoms. The molecule has 0 aliphatic carbocycles. The highest BCUT2D eigenvalue weighted by Crippen LogP contribution is 2.10. The van der Waals surface area contributed by atoms with E-state index in [4.69, 9.17) is 0 Å². The minimum Gasteiger partial charge on any atom is -0.303 e. The fourth-order valence-corrected chi connectivity index (χ4v) is 1.56. The quantitative estimate of drug-likeness (QED) is 0.662. The second-order valence-electron chi connectivity index (χ2n) is 3.30. The molecule has 13 heavy (non-hydrogen) atoms. The van der Waals surface area contributed by atoms with Crippen molar-refractivity contribution in [1.82, 2.24) is 14.4 Å². The maximum absolute atomic E-state index is 4.45. The molecule has 0 N–H and O–H groups in total. The molecule has 0 aliphatic rings. The number of aromatic nitrogens is 3. The van der Waals surface area contributed by atoms with Crippen LogP contribution in [0.4, 0.5) is 0 Å². The van der Waals surface area contributed by atoms with Gasteiger partial charge in [-0.2, -0.15) is 0 Å². The third-order valence-corrected chi connectivity index (χ3v) is 2.08. The van der Waals surface area contributed by atoms with Crippen molar-refractivity contribution >= 4 is 5.65 Å². The molecule has 0 aliphatic heterocycles. The molecule has 0 aromatic carbocycles. The summed E-state index contributed by atoms with van der Waals surface area (Å²) in [7, 11) is 0. The van der Waals surface area contributed by atoms with Crippen molar-refractivity contribution in [2.24, 2.45) is 0 Å². The Hall–Kier alpha value is -1.38. The monoisotopic (exact) mass is 175 g/mol. The highest BCUT2D eigenvalue weighted by Gasteiger charge is 2.04. The Labute approximate surface area is 77.4 Å². The topological polar surface area (TPSA) is 30.2 Å². The summed E-state index contributed by atoms with van der Waals surface area (Å²) in [4.78, 5) is 8.88. The second-order valence-corrected chi connectivity index (χ2v) is 3.30. The Kier molecular flexibility index (Phi) is 1.79. The molecule has 2 heterocycles. The van der Waals surface area contributed by atoms with E-state index in [1.807, 2.05) is 26.2 Å². The van der Waals surface area contributed by atoms with E-state index in [0.29, 0.717) is 0 Å². The summed E-state index contributed by atoms with van der Waals surface area (Å²) >= 11 is 0. The first kappa shape index (κ1) is 8.23. The van der Waals surface area contributed by atoms with Gasteiger partial charge in [0, 0.05) is 12.4 Å². The predicted molar refractivity (Wildman–Crippen MR) is 51.8 cm³/mol. The molecule has 68 valence electrons. The van der Waals surface area contributed by atoms with Crippen molar-refractivity contribution in [2.45, 2.75) is 27.2 Å². The smallest absolute Gasteiger partial charge is 0.158 e. The van der Waals surface area contributed by atoms with Crippen LogP contribution in [0, 0.1) is 13.8 Å². The standard InChI is InChI=1S/C10H13N3/c1-4-9-10-12-8(3)6-13(10)5-7(2)11-9/h5-6H,4H2,1-3H3. The summed E-state index contributed by atoms with van der Waals surface area (Å²) in [5.41, 5.74) is 4.16. The van der Waals surface area contributed by atoms with Crippen LogP contribution in [0.15, 0.2) is 12.4 Å². The molecule has 0 saturated carbocycles. The molecule has 0 amide bonds. The highest BCUT2D eigenvalue weighted by molar-refractivity contribution is 5.45. The molecule has 2 rings (SSSR count). The maximum atomic E-state index is 4.45. The lowest BCUT2D eigenvalue weighted by atomic mass is 10.3. The van der Waals surface area contributed by atoms with Crippen LogP contribution in [-0.2, 0) is 6.42 Å². The average Bonchev–Trinajstić information content (AvgIpc) is 2.43. The van der Waals surface area contributed by atoms with Gasteiger partial charge in [0.25, 0.3) is 0 Å². The zero-order valence-corrected chi connectivity index (χ0v) is 8.20. The third kappa shape index (κ3) is 1.30. The summed E-state index contributed by atoms with van der Waals surface area (Å²) in [5, 5.41) is 0. The minimum atomic E-state index is 0.932.